The smallest absolute Gasteiger partial charge is 0.326 e. The first-order valence-electron chi connectivity index (χ1n) is 26.6. The number of amides is 7. The summed E-state index contributed by atoms with van der Waals surface area (Å²) in [7, 11) is 0. The first-order valence-corrected chi connectivity index (χ1v) is 26.6. The zero-order valence-corrected chi connectivity index (χ0v) is 45.4. The summed E-state index contributed by atoms with van der Waals surface area (Å²) in [4.78, 5) is 121. The molecule has 0 saturated carbocycles. The van der Waals surface area contributed by atoms with Crippen molar-refractivity contribution in [2.75, 3.05) is 13.2 Å². The molecule has 22 heteroatoms. The summed E-state index contributed by atoms with van der Waals surface area (Å²) in [5.74, 6) is -7.48. The number of aromatic nitrogens is 3. The van der Waals surface area contributed by atoms with Crippen molar-refractivity contribution in [3.05, 3.63) is 108 Å². The molecule has 0 saturated heterocycles. The second-order valence-corrected chi connectivity index (χ2v) is 21.3. The third-order valence-electron chi connectivity index (χ3n) is 13.5. The van der Waals surface area contributed by atoms with Gasteiger partial charge in [0.1, 0.15) is 48.3 Å². The second-order valence-electron chi connectivity index (χ2n) is 21.3. The molecule has 3 heterocycles. The molecule has 79 heavy (non-hydrogen) atoms. The van der Waals surface area contributed by atoms with Crippen molar-refractivity contribution in [1.29, 1.82) is 0 Å². The number of aliphatic hydroxyl groups excluding tert-OH is 2. The highest BCUT2D eigenvalue weighted by molar-refractivity contribution is 5.99. The van der Waals surface area contributed by atoms with Gasteiger partial charge in [0.2, 0.25) is 41.4 Å². The van der Waals surface area contributed by atoms with E-state index in [1.807, 2.05) is 100 Å². The van der Waals surface area contributed by atoms with Gasteiger partial charge in [-0.1, -0.05) is 96.1 Å². The van der Waals surface area contributed by atoms with Gasteiger partial charge >= 0.3 is 5.97 Å². The number of carbonyl (C=O) groups excluding carboxylic acids is 7. The Morgan fingerprint density at radius 1 is 0.405 bits per heavy atom. The van der Waals surface area contributed by atoms with Crippen molar-refractivity contribution < 1.29 is 53.7 Å². The lowest BCUT2D eigenvalue weighted by atomic mass is 9.98. The van der Waals surface area contributed by atoms with E-state index in [-0.39, 0.29) is 56.3 Å². The Bertz CT molecular complexity index is 3090. The molecular weight excluding hydrogens is 1010 g/mol. The Morgan fingerprint density at radius 3 is 1.00 bits per heavy atom. The maximum Gasteiger partial charge on any atom is 0.326 e. The van der Waals surface area contributed by atoms with E-state index >= 15 is 0 Å². The molecule has 0 aliphatic heterocycles. The lowest BCUT2D eigenvalue weighted by Crippen LogP contribution is -2.61. The average molecular weight is 1090 g/mol. The van der Waals surface area contributed by atoms with Crippen LogP contribution >= 0.6 is 0 Å². The molecule has 0 aliphatic rings. The summed E-state index contributed by atoms with van der Waals surface area (Å²) in [6, 6.07) is 11.2. The molecule has 3 aromatic carbocycles. The molecule has 15 N–H and O–H groups in total. The monoisotopic (exact) mass is 1090 g/mol. The van der Waals surface area contributed by atoms with Gasteiger partial charge in [-0.3, -0.25) is 33.6 Å². The van der Waals surface area contributed by atoms with E-state index in [1.54, 1.807) is 32.4 Å². The van der Waals surface area contributed by atoms with Gasteiger partial charge in [0, 0.05) is 70.6 Å². The third-order valence-corrected chi connectivity index (χ3v) is 13.5. The highest BCUT2D eigenvalue weighted by Gasteiger charge is 2.36. The Labute approximate surface area is 457 Å². The molecule has 0 aliphatic carbocycles. The van der Waals surface area contributed by atoms with Gasteiger partial charge in [0.05, 0.1) is 13.2 Å². The van der Waals surface area contributed by atoms with E-state index in [0.717, 1.165) is 32.7 Å². The van der Waals surface area contributed by atoms with Gasteiger partial charge in [-0.15, -0.1) is 0 Å². The molecule has 424 valence electrons. The van der Waals surface area contributed by atoms with Crippen LogP contribution in [0, 0.1) is 17.8 Å². The summed E-state index contributed by atoms with van der Waals surface area (Å²) < 4.78 is 0. The largest absolute Gasteiger partial charge is 0.480 e. The fraction of sp³-hybridized carbons (Fsp3) is 0.439. The summed E-state index contributed by atoms with van der Waals surface area (Å²) in [5.41, 5.74) is 9.88. The SMILES string of the molecule is CC(C)C[C@@H](NC(=O)[C@H](Cc1c[nH]c2ccccc12)NC(=O)[C@@H](CC(C)C)NC(=O)[C@H](Cc1c[nH]c2ccccc12)NC(=O)[C@@H](CC(C)C)NC(=O)[C@H](CO)NC(=O)[C@H](N)CO)C(=O)N[C@@H](Cc1c[nH]c2ccccc12)C(=O)O. The molecule has 6 aromatic rings. The van der Waals surface area contributed by atoms with Gasteiger partial charge in [-0.25, -0.2) is 4.79 Å². The van der Waals surface area contributed by atoms with E-state index in [4.69, 9.17) is 5.73 Å². The number of nitrogens with two attached hydrogens (primary N) is 1. The lowest BCUT2D eigenvalue weighted by Gasteiger charge is -2.29. The highest BCUT2D eigenvalue weighted by atomic mass is 16.4. The number of carboxylic acids is 1. The molecule has 0 radical (unpaired) electrons. The molecule has 7 amide bonds. The summed E-state index contributed by atoms with van der Waals surface area (Å²) in [6.45, 7) is 9.38. The Kier molecular flexibility index (Phi) is 21.3. The van der Waals surface area contributed by atoms with Crippen molar-refractivity contribution in [3.63, 3.8) is 0 Å². The lowest BCUT2D eigenvalue weighted by molar-refractivity contribution is -0.142. The van der Waals surface area contributed by atoms with Gasteiger partial charge in [0.25, 0.3) is 0 Å². The van der Waals surface area contributed by atoms with Crippen LogP contribution in [0.25, 0.3) is 32.7 Å². The summed E-state index contributed by atoms with van der Waals surface area (Å²) >= 11 is 0. The van der Waals surface area contributed by atoms with Crippen molar-refractivity contribution in [2.24, 2.45) is 23.5 Å². The molecule has 3 aromatic heterocycles. The van der Waals surface area contributed by atoms with Crippen LogP contribution in [0.4, 0.5) is 0 Å². The fourth-order valence-corrected chi connectivity index (χ4v) is 9.48. The third kappa shape index (κ3) is 16.5. The number of carboxylic acid groups (broad SMARTS) is 1. The van der Waals surface area contributed by atoms with Crippen LogP contribution in [0.1, 0.15) is 77.5 Å². The first-order chi connectivity index (χ1) is 37.6. The maximum absolute atomic E-state index is 14.8. The van der Waals surface area contributed by atoms with Gasteiger partial charge < -0.3 is 73.2 Å². The van der Waals surface area contributed by atoms with Crippen molar-refractivity contribution in [3.8, 4) is 0 Å². The minimum absolute atomic E-state index is 0.0499. The zero-order chi connectivity index (χ0) is 57.5. The number of aliphatic hydroxyl groups is 2. The van der Waals surface area contributed by atoms with Gasteiger partial charge in [0.15, 0.2) is 0 Å². The van der Waals surface area contributed by atoms with Crippen LogP contribution in [-0.2, 0) is 57.6 Å². The standard InChI is InChI=1S/C57H75N11O11/c1-30(2)19-43(62-54(75)46(22-33-25-59-40-16-10-7-13-36(33)40)66-52(73)44(20-31(3)4)64-56(77)49(29-70)68-50(71)39(58)28-69)51(72)65-47(23-34-26-60-41-17-11-8-14-37(34)41)55(76)63-45(21-32(5)6)53(74)67-48(57(78)79)24-35-27-61-42-18-12-9-15-38(35)42/h7-18,25-27,30-32,39,43-49,59-61,69-70H,19-24,28-29,58H2,1-6H3,(H,62,75)(H,63,76)(H,64,77)(H,65,72)(H,66,73)(H,67,74)(H,68,71)(H,78,79)/t39-,43-,44-,45-,46+,47+,48+,49+/m1/s1. The number of H-pyrrole nitrogens is 3. The molecule has 22 nitrogen and oxygen atoms in total. The Morgan fingerprint density at radius 2 is 0.684 bits per heavy atom. The minimum atomic E-state index is -1.54. The minimum Gasteiger partial charge on any atom is -0.480 e. The van der Waals surface area contributed by atoms with E-state index in [1.165, 1.54) is 0 Å². The van der Waals surface area contributed by atoms with Crippen LogP contribution in [0.5, 0.6) is 0 Å². The Balaban J connectivity index is 1.27. The number of fused-ring (bicyclic) bond motifs is 3. The highest BCUT2D eigenvalue weighted by Crippen LogP contribution is 2.23. The predicted octanol–water partition coefficient (Wildman–Crippen LogP) is 2.09. The number of para-hydroxylation sites is 3. The molecule has 0 spiro atoms. The number of carbonyl (C=O) groups is 8. The molecule has 8 atom stereocenters. The van der Waals surface area contributed by atoms with E-state index in [2.05, 4.69) is 52.2 Å². The van der Waals surface area contributed by atoms with Crippen LogP contribution in [0.2, 0.25) is 0 Å². The van der Waals surface area contributed by atoms with E-state index in [0.29, 0.717) is 16.7 Å². The van der Waals surface area contributed by atoms with Crippen LogP contribution in [0.3, 0.4) is 0 Å². The van der Waals surface area contributed by atoms with Crippen LogP contribution < -0.4 is 43.0 Å². The number of nitrogens with one attached hydrogen (secondary N) is 10. The number of benzene rings is 3. The predicted molar refractivity (Wildman–Crippen MR) is 298 cm³/mol. The summed E-state index contributed by atoms with van der Waals surface area (Å²) in [5, 5.41) is 50.8. The summed E-state index contributed by atoms with van der Waals surface area (Å²) in [6.07, 6.45) is 5.12. The first kappa shape index (κ1) is 60.2. The number of rotatable bonds is 29. The zero-order valence-electron chi connectivity index (χ0n) is 45.4. The normalized spacial score (nSPS) is 14.7. The number of aromatic amines is 3. The maximum atomic E-state index is 14.8. The Hall–Kier alpha value is -8.08. The van der Waals surface area contributed by atoms with Crippen LogP contribution in [0.15, 0.2) is 91.4 Å². The molecule has 0 unspecified atom stereocenters. The van der Waals surface area contributed by atoms with Crippen LogP contribution in [-0.4, -0.2) is 139 Å². The fourth-order valence-electron chi connectivity index (χ4n) is 9.48. The van der Waals surface area contributed by atoms with Gasteiger partial charge in [-0.05, 0) is 71.9 Å². The molecule has 0 fully saturated rings. The molecule has 6 rings (SSSR count). The average Bonchev–Trinajstić information content (AvgIpc) is 4.18. The van der Waals surface area contributed by atoms with E-state index in [9.17, 15) is 53.7 Å². The quantitative estimate of drug-likeness (QED) is 0.0321. The van der Waals surface area contributed by atoms with Crippen molar-refractivity contribution >= 4 is 80.0 Å². The number of aliphatic carboxylic acids is 1. The van der Waals surface area contributed by atoms with E-state index < -0.39 is 109 Å². The van der Waals surface area contributed by atoms with Crippen molar-refractivity contribution in [2.45, 2.75) is 128 Å². The molecule has 0 bridgehead atoms. The topological polar surface area (TPSA) is 355 Å². The number of hydrogen-bond acceptors (Lipinski definition) is 11. The number of hydrogen-bond donors (Lipinski definition) is 14. The van der Waals surface area contributed by atoms with Crippen molar-refractivity contribution in [1.82, 2.24) is 52.2 Å². The molecular formula is C57H75N11O11. The van der Waals surface area contributed by atoms with Gasteiger partial charge in [-0.2, -0.15) is 0 Å². The second kappa shape index (κ2) is 28.0.